The van der Waals surface area contributed by atoms with E-state index < -0.39 is 0 Å². The van der Waals surface area contributed by atoms with Crippen LogP contribution in [0.3, 0.4) is 0 Å². The van der Waals surface area contributed by atoms with E-state index in [1.165, 1.54) is 6.92 Å². The van der Waals surface area contributed by atoms with Crippen LogP contribution in [0.5, 0.6) is 11.5 Å². The normalized spacial score (nSPS) is 10.0. The average molecular weight is 392 g/mol. The van der Waals surface area contributed by atoms with Gasteiger partial charge in [0.15, 0.2) is 22.7 Å². The minimum absolute atomic E-state index is 0.177. The van der Waals surface area contributed by atoms with Crippen LogP contribution in [-0.2, 0) is 4.79 Å². The summed E-state index contributed by atoms with van der Waals surface area (Å²) in [5.41, 5.74) is 1.91. The fraction of sp³-hybridized carbons (Fsp3) is 0.143. The van der Waals surface area contributed by atoms with E-state index in [4.69, 9.17) is 13.9 Å². The zero-order chi connectivity index (χ0) is 20.6. The second-order valence-electron chi connectivity index (χ2n) is 5.81. The number of anilines is 1. The first-order chi connectivity index (χ1) is 14.1. The summed E-state index contributed by atoms with van der Waals surface area (Å²) in [5, 5.41) is 2.61. The van der Waals surface area contributed by atoms with Crippen molar-refractivity contribution in [1.29, 1.82) is 0 Å². The van der Waals surface area contributed by atoms with Crippen LogP contribution in [0.2, 0.25) is 0 Å². The third kappa shape index (κ3) is 5.07. The van der Waals surface area contributed by atoms with E-state index in [-0.39, 0.29) is 5.91 Å². The number of pyridine rings is 2. The van der Waals surface area contributed by atoms with Crippen LogP contribution in [0.15, 0.2) is 65.3 Å². The second kappa shape index (κ2) is 9.32. The summed E-state index contributed by atoms with van der Waals surface area (Å²) in [6.07, 6.45) is 3.24. The number of hydrogen-bond donors (Lipinski definition) is 1. The molecule has 0 radical (unpaired) electrons. The molecule has 0 saturated carbocycles. The number of rotatable bonds is 4. The quantitative estimate of drug-likeness (QED) is 0.561. The molecule has 0 aliphatic heterocycles. The number of carbonyl (C=O) groups is 1. The van der Waals surface area contributed by atoms with Crippen LogP contribution < -0.4 is 14.8 Å². The highest BCUT2D eigenvalue weighted by Gasteiger charge is 2.09. The van der Waals surface area contributed by atoms with E-state index in [0.29, 0.717) is 22.9 Å². The van der Waals surface area contributed by atoms with Crippen LogP contribution in [0.1, 0.15) is 6.92 Å². The summed E-state index contributed by atoms with van der Waals surface area (Å²) < 4.78 is 15.6. The standard InChI is InChI=1S/C13H10N4O2.C8H10O2/c1-8(18)16-11-7-9(4-6-14-11)13-17-12-10(19-13)3-2-5-15-12;1-9-7-5-3-4-6-8(7)10-2/h2-7H,1H3,(H,14,16,18);3-6H,1-2H3. The van der Waals surface area contributed by atoms with Gasteiger partial charge in [0.25, 0.3) is 0 Å². The van der Waals surface area contributed by atoms with Crippen LogP contribution in [0, 0.1) is 0 Å². The number of methoxy groups -OCH3 is 2. The molecule has 0 spiro atoms. The monoisotopic (exact) mass is 392 g/mol. The van der Waals surface area contributed by atoms with Gasteiger partial charge in [0.1, 0.15) is 5.82 Å². The molecule has 1 N–H and O–H groups in total. The molecule has 3 heterocycles. The molecule has 3 aromatic heterocycles. The van der Waals surface area contributed by atoms with Gasteiger partial charge in [0, 0.05) is 24.9 Å². The number of ether oxygens (including phenoxy) is 2. The maximum Gasteiger partial charge on any atom is 0.229 e. The minimum atomic E-state index is -0.177. The summed E-state index contributed by atoms with van der Waals surface area (Å²) in [6.45, 7) is 1.43. The van der Waals surface area contributed by atoms with Gasteiger partial charge < -0.3 is 19.2 Å². The molecule has 8 nitrogen and oxygen atoms in total. The number of carbonyl (C=O) groups excluding carboxylic acids is 1. The van der Waals surface area contributed by atoms with Gasteiger partial charge in [0.2, 0.25) is 11.8 Å². The molecule has 148 valence electrons. The van der Waals surface area contributed by atoms with Crippen LogP contribution in [0.4, 0.5) is 5.82 Å². The van der Waals surface area contributed by atoms with Gasteiger partial charge in [-0.1, -0.05) is 12.1 Å². The van der Waals surface area contributed by atoms with E-state index in [0.717, 1.165) is 17.1 Å². The van der Waals surface area contributed by atoms with Crippen molar-refractivity contribution >= 4 is 23.0 Å². The van der Waals surface area contributed by atoms with Crippen molar-refractivity contribution < 1.29 is 18.7 Å². The summed E-state index contributed by atoms with van der Waals surface area (Å²) in [6, 6.07) is 14.6. The molecule has 0 unspecified atom stereocenters. The molecule has 0 aliphatic carbocycles. The molecule has 29 heavy (non-hydrogen) atoms. The van der Waals surface area contributed by atoms with Crippen molar-refractivity contribution in [3.63, 3.8) is 0 Å². The number of fused-ring (bicyclic) bond motifs is 1. The topological polar surface area (TPSA) is 99.4 Å². The molecule has 0 fully saturated rings. The Labute approximate surface area is 167 Å². The summed E-state index contributed by atoms with van der Waals surface area (Å²) >= 11 is 0. The van der Waals surface area contributed by atoms with Crippen molar-refractivity contribution in [2.45, 2.75) is 6.92 Å². The number of nitrogens with zero attached hydrogens (tertiary/aromatic N) is 3. The first kappa shape index (κ1) is 19.8. The minimum Gasteiger partial charge on any atom is -0.493 e. The van der Waals surface area contributed by atoms with E-state index in [1.54, 1.807) is 50.9 Å². The van der Waals surface area contributed by atoms with E-state index >= 15 is 0 Å². The highest BCUT2D eigenvalue weighted by Crippen LogP contribution is 2.25. The second-order valence-corrected chi connectivity index (χ2v) is 5.81. The van der Waals surface area contributed by atoms with Gasteiger partial charge in [-0.2, -0.15) is 4.98 Å². The number of hydrogen-bond acceptors (Lipinski definition) is 7. The third-order valence-corrected chi connectivity index (χ3v) is 3.76. The first-order valence-electron chi connectivity index (χ1n) is 8.73. The molecule has 8 heteroatoms. The molecule has 0 atom stereocenters. The molecule has 4 aromatic rings. The van der Waals surface area contributed by atoms with Gasteiger partial charge in [-0.15, -0.1) is 0 Å². The number of amides is 1. The number of nitrogens with one attached hydrogen (secondary N) is 1. The smallest absolute Gasteiger partial charge is 0.229 e. The maximum atomic E-state index is 11.0. The van der Waals surface area contributed by atoms with Gasteiger partial charge in [-0.25, -0.2) is 9.97 Å². The highest BCUT2D eigenvalue weighted by molar-refractivity contribution is 5.88. The van der Waals surface area contributed by atoms with Crippen LogP contribution >= 0.6 is 0 Å². The Morgan fingerprint density at radius 2 is 1.69 bits per heavy atom. The molecular formula is C21H20N4O4. The fourth-order valence-corrected chi connectivity index (χ4v) is 2.49. The Balaban J connectivity index is 0.000000204. The maximum absolute atomic E-state index is 11.0. The van der Waals surface area contributed by atoms with Gasteiger partial charge in [-0.05, 0) is 36.4 Å². The Morgan fingerprint density at radius 3 is 2.31 bits per heavy atom. The van der Waals surface area contributed by atoms with Gasteiger partial charge in [0.05, 0.1) is 14.2 Å². The molecule has 0 aliphatic rings. The average Bonchev–Trinajstić information content (AvgIpc) is 3.18. The Bertz CT molecular complexity index is 1050. The summed E-state index contributed by atoms with van der Waals surface area (Å²) in [4.78, 5) is 23.4. The van der Waals surface area contributed by atoms with Gasteiger partial charge in [-0.3, -0.25) is 4.79 Å². The Kier molecular flexibility index (Phi) is 6.36. The summed E-state index contributed by atoms with van der Waals surface area (Å²) in [5.74, 6) is 2.27. The van der Waals surface area contributed by atoms with Crippen molar-refractivity contribution in [3.05, 3.63) is 60.9 Å². The predicted molar refractivity (Wildman–Crippen MR) is 109 cm³/mol. The zero-order valence-electron chi connectivity index (χ0n) is 16.2. The number of oxazole rings is 1. The molecule has 0 bridgehead atoms. The number of benzene rings is 1. The molecule has 0 saturated heterocycles. The zero-order valence-corrected chi connectivity index (χ0v) is 16.2. The first-order valence-corrected chi connectivity index (χ1v) is 8.73. The van der Waals surface area contributed by atoms with Crippen molar-refractivity contribution in [3.8, 4) is 23.0 Å². The Hall–Kier alpha value is -3.94. The number of para-hydroxylation sites is 2. The van der Waals surface area contributed by atoms with Crippen LogP contribution in [0.25, 0.3) is 22.7 Å². The lowest BCUT2D eigenvalue weighted by molar-refractivity contribution is -0.114. The number of aromatic nitrogens is 3. The van der Waals surface area contributed by atoms with Crippen LogP contribution in [-0.4, -0.2) is 35.1 Å². The molecule has 1 amide bonds. The third-order valence-electron chi connectivity index (χ3n) is 3.76. The van der Waals surface area contributed by atoms with E-state index in [2.05, 4.69) is 20.3 Å². The fourth-order valence-electron chi connectivity index (χ4n) is 2.49. The van der Waals surface area contributed by atoms with Gasteiger partial charge >= 0.3 is 0 Å². The van der Waals surface area contributed by atoms with Crippen molar-refractivity contribution in [2.75, 3.05) is 19.5 Å². The highest BCUT2D eigenvalue weighted by atomic mass is 16.5. The van der Waals surface area contributed by atoms with E-state index in [9.17, 15) is 4.79 Å². The SMILES string of the molecule is CC(=O)Nc1cc(-c2nc3ncccc3o2)ccn1.COc1ccccc1OC. The largest absolute Gasteiger partial charge is 0.493 e. The lowest BCUT2D eigenvalue weighted by Gasteiger charge is -2.04. The molecular weight excluding hydrogens is 372 g/mol. The lowest BCUT2D eigenvalue weighted by Crippen LogP contribution is -2.07. The van der Waals surface area contributed by atoms with E-state index in [1.807, 2.05) is 24.3 Å². The Morgan fingerprint density at radius 1 is 0.966 bits per heavy atom. The van der Waals surface area contributed by atoms with Crippen molar-refractivity contribution in [1.82, 2.24) is 15.0 Å². The summed E-state index contributed by atoms with van der Waals surface area (Å²) in [7, 11) is 3.25. The molecule has 1 aromatic carbocycles. The lowest BCUT2D eigenvalue weighted by atomic mass is 10.2. The van der Waals surface area contributed by atoms with Crippen molar-refractivity contribution in [2.24, 2.45) is 0 Å². The predicted octanol–water partition coefficient (Wildman–Crippen LogP) is 3.95. The molecule has 4 rings (SSSR count).